The minimum atomic E-state index is -0.0590. The highest BCUT2D eigenvalue weighted by atomic mass is 16.1. The molecule has 0 unspecified atom stereocenters. The summed E-state index contributed by atoms with van der Waals surface area (Å²) in [5, 5.41) is 15.1. The summed E-state index contributed by atoms with van der Waals surface area (Å²) in [6.07, 6.45) is 11.5. The van der Waals surface area contributed by atoms with E-state index in [0.717, 1.165) is 59.7 Å². The number of hydrogen-bond acceptors (Lipinski definition) is 5. The fourth-order valence-electron chi connectivity index (χ4n) is 4.53. The molecule has 0 aliphatic heterocycles. The number of hydrogen-bond donors (Lipinski definition) is 3. The molecule has 0 radical (unpaired) electrons. The summed E-state index contributed by atoms with van der Waals surface area (Å²) in [6, 6.07) is 19.5. The molecule has 7 nitrogen and oxygen atoms in total. The van der Waals surface area contributed by atoms with Crippen molar-refractivity contribution in [2.45, 2.75) is 46.0 Å². The summed E-state index contributed by atoms with van der Waals surface area (Å²) in [6.45, 7) is 8.42. The lowest BCUT2D eigenvalue weighted by Gasteiger charge is -2.22. The Morgan fingerprint density at radius 1 is 0.923 bits per heavy atom. The Hall–Kier alpha value is -3.97. The lowest BCUT2D eigenvalue weighted by Crippen LogP contribution is -2.31. The largest absolute Gasteiger partial charge is 0.355 e. The van der Waals surface area contributed by atoms with Crippen LogP contribution in [-0.2, 0) is 0 Å². The summed E-state index contributed by atoms with van der Waals surface area (Å²) in [4.78, 5) is 19.9. The van der Waals surface area contributed by atoms with Gasteiger partial charge in [-0.3, -0.25) is 14.9 Å². The monoisotopic (exact) mass is 524 g/mol. The van der Waals surface area contributed by atoms with E-state index in [2.05, 4.69) is 44.6 Å². The van der Waals surface area contributed by atoms with Crippen LogP contribution in [0.2, 0.25) is 0 Å². The van der Waals surface area contributed by atoms with E-state index >= 15 is 0 Å². The van der Waals surface area contributed by atoms with E-state index in [-0.39, 0.29) is 5.91 Å². The standard InChI is InChI=1S/C32H40N6O/c1-3-5-21-38(22-6-4-2)23-11-20-34-32(39)28-13-7-8-14-29(28)35-26-15-17-27-30(36-37-31(27)24-26)18-16-25-12-9-10-19-33-25/h7-10,12-19,24,35H,3-6,11,20-23H2,1-2H3,(H,34,39)(H,36,37)/b18-16+. The lowest BCUT2D eigenvalue weighted by atomic mass is 10.1. The number of pyridine rings is 1. The minimum absolute atomic E-state index is 0.0590. The second-order valence-electron chi connectivity index (χ2n) is 9.79. The zero-order valence-corrected chi connectivity index (χ0v) is 23.1. The van der Waals surface area contributed by atoms with Gasteiger partial charge in [0, 0.05) is 23.8 Å². The summed E-state index contributed by atoms with van der Waals surface area (Å²) >= 11 is 0. The second kappa shape index (κ2) is 14.8. The lowest BCUT2D eigenvalue weighted by molar-refractivity contribution is 0.0952. The first-order valence-electron chi connectivity index (χ1n) is 14.1. The number of anilines is 2. The number of aromatic nitrogens is 3. The van der Waals surface area contributed by atoms with Crippen LogP contribution >= 0.6 is 0 Å². The van der Waals surface area contributed by atoms with Crippen LogP contribution in [0.3, 0.4) is 0 Å². The van der Waals surface area contributed by atoms with Crippen molar-refractivity contribution < 1.29 is 4.79 Å². The van der Waals surface area contributed by atoms with Crippen LogP contribution in [0, 0.1) is 0 Å². The molecule has 4 aromatic rings. The highest BCUT2D eigenvalue weighted by molar-refractivity contribution is 6.00. The zero-order chi connectivity index (χ0) is 27.3. The van der Waals surface area contributed by atoms with Crippen molar-refractivity contribution in [2.75, 3.05) is 31.5 Å². The molecule has 1 amide bonds. The number of amides is 1. The molecule has 2 aromatic heterocycles. The van der Waals surface area contributed by atoms with Gasteiger partial charge in [-0.25, -0.2) is 0 Å². The number of nitrogens with zero attached hydrogens (tertiary/aromatic N) is 3. The molecule has 2 aromatic carbocycles. The maximum absolute atomic E-state index is 13.1. The topological polar surface area (TPSA) is 85.9 Å². The molecule has 0 atom stereocenters. The number of carbonyl (C=O) groups excluding carboxylic acids is 1. The molecule has 0 aliphatic carbocycles. The van der Waals surface area contributed by atoms with Gasteiger partial charge in [-0.2, -0.15) is 5.10 Å². The summed E-state index contributed by atoms with van der Waals surface area (Å²) in [7, 11) is 0. The van der Waals surface area contributed by atoms with E-state index < -0.39 is 0 Å². The van der Waals surface area contributed by atoms with Gasteiger partial charge in [0.05, 0.1) is 28.2 Å². The van der Waals surface area contributed by atoms with Crippen LogP contribution in [0.15, 0.2) is 66.9 Å². The van der Waals surface area contributed by atoms with Crippen molar-refractivity contribution in [1.82, 2.24) is 25.4 Å². The van der Waals surface area contributed by atoms with Gasteiger partial charge in [0.2, 0.25) is 0 Å². The Morgan fingerprint density at radius 2 is 1.69 bits per heavy atom. The van der Waals surface area contributed by atoms with Gasteiger partial charge < -0.3 is 15.5 Å². The SMILES string of the molecule is CCCCN(CCCC)CCCNC(=O)c1ccccc1Nc1ccc2c(/C=C/c3ccccn3)n[nH]c2c1. The number of nitrogens with one attached hydrogen (secondary N) is 3. The number of para-hydroxylation sites is 1. The number of fused-ring (bicyclic) bond motifs is 1. The molecule has 0 aliphatic rings. The first-order chi connectivity index (χ1) is 19.2. The summed E-state index contributed by atoms with van der Waals surface area (Å²) < 4.78 is 0. The Labute approximate surface area is 231 Å². The normalized spacial score (nSPS) is 11.5. The third kappa shape index (κ3) is 8.26. The third-order valence-corrected chi connectivity index (χ3v) is 6.74. The molecule has 0 spiro atoms. The fourth-order valence-corrected chi connectivity index (χ4v) is 4.53. The molecule has 4 rings (SSSR count). The number of carbonyl (C=O) groups is 1. The highest BCUT2D eigenvalue weighted by Gasteiger charge is 2.12. The summed E-state index contributed by atoms with van der Waals surface area (Å²) in [5.74, 6) is -0.0590. The van der Waals surface area contributed by atoms with Crippen LogP contribution < -0.4 is 10.6 Å². The molecule has 39 heavy (non-hydrogen) atoms. The zero-order valence-electron chi connectivity index (χ0n) is 23.1. The van der Waals surface area contributed by atoms with E-state index in [1.165, 1.54) is 25.7 Å². The molecule has 3 N–H and O–H groups in total. The number of rotatable bonds is 15. The van der Waals surface area contributed by atoms with Gasteiger partial charge in [0.1, 0.15) is 0 Å². The predicted octanol–water partition coefficient (Wildman–Crippen LogP) is 6.89. The molecule has 2 heterocycles. The average molecular weight is 525 g/mol. The van der Waals surface area contributed by atoms with Gasteiger partial charge in [-0.1, -0.05) is 44.9 Å². The fraction of sp³-hybridized carbons (Fsp3) is 0.344. The molecule has 0 bridgehead atoms. The smallest absolute Gasteiger partial charge is 0.253 e. The van der Waals surface area contributed by atoms with Crippen molar-refractivity contribution in [3.8, 4) is 0 Å². The van der Waals surface area contributed by atoms with E-state index in [9.17, 15) is 4.79 Å². The van der Waals surface area contributed by atoms with Gasteiger partial charge in [-0.05, 0) is 93.5 Å². The third-order valence-electron chi connectivity index (χ3n) is 6.74. The summed E-state index contributed by atoms with van der Waals surface area (Å²) in [5.41, 5.74) is 4.94. The molecular formula is C32H40N6O. The van der Waals surface area contributed by atoms with E-state index in [4.69, 9.17) is 0 Å². The molecule has 7 heteroatoms. The molecule has 0 saturated heterocycles. The van der Waals surface area contributed by atoms with Crippen molar-refractivity contribution in [1.29, 1.82) is 0 Å². The number of H-pyrrole nitrogens is 1. The van der Waals surface area contributed by atoms with Crippen molar-refractivity contribution in [2.24, 2.45) is 0 Å². The maximum Gasteiger partial charge on any atom is 0.253 e. The Bertz CT molecular complexity index is 1340. The first kappa shape index (κ1) is 28.0. The number of unbranched alkanes of at least 4 members (excludes halogenated alkanes) is 2. The first-order valence-corrected chi connectivity index (χ1v) is 14.1. The Morgan fingerprint density at radius 3 is 2.46 bits per heavy atom. The highest BCUT2D eigenvalue weighted by Crippen LogP contribution is 2.26. The predicted molar refractivity (Wildman–Crippen MR) is 162 cm³/mol. The van der Waals surface area contributed by atoms with Crippen molar-refractivity contribution in [3.05, 3.63) is 83.8 Å². The molecule has 204 valence electrons. The van der Waals surface area contributed by atoms with E-state index in [0.29, 0.717) is 12.1 Å². The second-order valence-corrected chi connectivity index (χ2v) is 9.79. The van der Waals surface area contributed by atoms with Crippen molar-refractivity contribution >= 4 is 40.3 Å². The quantitative estimate of drug-likeness (QED) is 0.147. The number of aromatic amines is 1. The van der Waals surface area contributed by atoms with Crippen LogP contribution in [0.5, 0.6) is 0 Å². The van der Waals surface area contributed by atoms with Gasteiger partial charge in [0.25, 0.3) is 5.91 Å². The Balaban J connectivity index is 1.36. The average Bonchev–Trinajstić information content (AvgIpc) is 3.38. The minimum Gasteiger partial charge on any atom is -0.355 e. The van der Waals surface area contributed by atoms with Gasteiger partial charge >= 0.3 is 0 Å². The molecule has 0 fully saturated rings. The van der Waals surface area contributed by atoms with Gasteiger partial charge in [-0.15, -0.1) is 0 Å². The van der Waals surface area contributed by atoms with E-state index in [1.807, 2.05) is 72.8 Å². The van der Waals surface area contributed by atoms with Crippen LogP contribution in [0.25, 0.3) is 23.1 Å². The van der Waals surface area contributed by atoms with Crippen molar-refractivity contribution in [3.63, 3.8) is 0 Å². The molecular weight excluding hydrogens is 484 g/mol. The number of benzene rings is 2. The van der Waals surface area contributed by atoms with Crippen LogP contribution in [-0.4, -0.2) is 52.2 Å². The molecule has 0 saturated carbocycles. The Kier molecular flexibility index (Phi) is 10.7. The van der Waals surface area contributed by atoms with Crippen LogP contribution in [0.1, 0.15) is 67.7 Å². The van der Waals surface area contributed by atoms with Gasteiger partial charge in [0.15, 0.2) is 0 Å². The maximum atomic E-state index is 13.1. The van der Waals surface area contributed by atoms with Crippen LogP contribution in [0.4, 0.5) is 11.4 Å². The van der Waals surface area contributed by atoms with E-state index in [1.54, 1.807) is 6.20 Å².